The summed E-state index contributed by atoms with van der Waals surface area (Å²) >= 11 is 0. The van der Waals surface area contributed by atoms with Crippen molar-refractivity contribution in [2.75, 3.05) is 12.4 Å². The fraction of sp³-hybridized carbons (Fsp3) is 0.200. The van der Waals surface area contributed by atoms with Gasteiger partial charge in [-0.15, -0.1) is 5.10 Å². The first-order valence-electron chi connectivity index (χ1n) is 6.45. The molecule has 5 heteroatoms. The van der Waals surface area contributed by atoms with Crippen LogP contribution >= 0.6 is 0 Å². The lowest BCUT2D eigenvalue weighted by Crippen LogP contribution is -2.03. The number of aryl methyl sites for hydroxylation is 1. The molecule has 3 rings (SSSR count). The number of nitrogens with zero attached hydrogens (tertiary/aromatic N) is 3. The Morgan fingerprint density at radius 3 is 2.95 bits per heavy atom. The average Bonchev–Trinajstić information content (AvgIpc) is 2.87. The van der Waals surface area contributed by atoms with Crippen molar-refractivity contribution in [2.24, 2.45) is 0 Å². The molecular weight excluding hydrogens is 252 g/mol. The molecule has 2 aromatic heterocycles. The molecule has 0 atom stereocenters. The van der Waals surface area contributed by atoms with Gasteiger partial charge in [0.2, 0.25) is 5.95 Å². The predicted octanol–water partition coefficient (Wildman–Crippen LogP) is 2.66. The van der Waals surface area contributed by atoms with Crippen molar-refractivity contribution in [1.29, 1.82) is 0 Å². The number of nitrogens with one attached hydrogen (secondary N) is 1. The first-order valence-corrected chi connectivity index (χ1v) is 6.45. The van der Waals surface area contributed by atoms with Crippen LogP contribution < -0.4 is 10.1 Å². The zero-order valence-corrected chi connectivity index (χ0v) is 11.5. The number of aromatic nitrogens is 3. The topological polar surface area (TPSA) is 51.5 Å². The quantitative estimate of drug-likeness (QED) is 0.790. The summed E-state index contributed by atoms with van der Waals surface area (Å²) < 4.78 is 7.08. The van der Waals surface area contributed by atoms with Gasteiger partial charge < -0.3 is 10.1 Å². The van der Waals surface area contributed by atoms with Crippen molar-refractivity contribution in [3.8, 4) is 5.75 Å². The van der Waals surface area contributed by atoms with Crippen molar-refractivity contribution in [1.82, 2.24) is 14.6 Å². The Morgan fingerprint density at radius 2 is 2.10 bits per heavy atom. The number of ether oxygens (including phenoxy) is 1. The number of hydrogen-bond acceptors (Lipinski definition) is 4. The van der Waals surface area contributed by atoms with Crippen LogP contribution in [-0.2, 0) is 6.54 Å². The van der Waals surface area contributed by atoms with E-state index in [1.807, 2.05) is 49.5 Å². The minimum absolute atomic E-state index is 0.613. The minimum atomic E-state index is 0.613. The molecule has 102 valence electrons. The molecule has 5 nitrogen and oxygen atoms in total. The van der Waals surface area contributed by atoms with E-state index < -0.39 is 0 Å². The highest BCUT2D eigenvalue weighted by Gasteiger charge is 2.05. The first-order chi connectivity index (χ1) is 9.76. The molecule has 0 saturated heterocycles. The lowest BCUT2D eigenvalue weighted by Gasteiger charge is -2.07. The largest absolute Gasteiger partial charge is 0.496 e. The number of rotatable bonds is 4. The first kappa shape index (κ1) is 12.5. The molecule has 0 bridgehead atoms. The van der Waals surface area contributed by atoms with E-state index in [0.29, 0.717) is 12.5 Å². The van der Waals surface area contributed by atoms with E-state index in [-0.39, 0.29) is 0 Å². The summed E-state index contributed by atoms with van der Waals surface area (Å²) in [5, 5.41) is 7.60. The number of para-hydroxylation sites is 1. The van der Waals surface area contributed by atoms with Crippen LogP contribution in [0.3, 0.4) is 0 Å². The van der Waals surface area contributed by atoms with Crippen LogP contribution in [0.5, 0.6) is 5.75 Å². The van der Waals surface area contributed by atoms with E-state index in [4.69, 9.17) is 4.74 Å². The molecule has 0 radical (unpaired) electrons. The summed E-state index contributed by atoms with van der Waals surface area (Å²) in [5.41, 5.74) is 3.08. The predicted molar refractivity (Wildman–Crippen MR) is 78.0 cm³/mol. The molecule has 0 unspecified atom stereocenters. The van der Waals surface area contributed by atoms with Gasteiger partial charge in [-0.05, 0) is 30.7 Å². The van der Waals surface area contributed by atoms with Crippen LogP contribution in [0.15, 0.2) is 42.6 Å². The number of hydrogen-bond donors (Lipinski definition) is 1. The summed E-state index contributed by atoms with van der Waals surface area (Å²) in [4.78, 5) is 4.44. The molecule has 0 aliphatic heterocycles. The molecule has 0 fully saturated rings. The summed E-state index contributed by atoms with van der Waals surface area (Å²) in [6.07, 6.45) is 1.91. The standard InChI is InChI=1S/C15H16N4O/c1-11-7-8-19-14(9-11)17-15(18-19)16-10-12-5-3-4-6-13(12)20-2/h3-9H,10H2,1-2H3,(H,16,18). The highest BCUT2D eigenvalue weighted by Crippen LogP contribution is 2.18. The van der Waals surface area contributed by atoms with Gasteiger partial charge in [0.1, 0.15) is 5.75 Å². The number of pyridine rings is 1. The molecule has 1 aromatic carbocycles. The second-order valence-electron chi connectivity index (χ2n) is 4.61. The van der Waals surface area contributed by atoms with Gasteiger partial charge in [0.25, 0.3) is 0 Å². The fourth-order valence-corrected chi connectivity index (χ4v) is 2.08. The van der Waals surface area contributed by atoms with Crippen molar-refractivity contribution in [2.45, 2.75) is 13.5 Å². The van der Waals surface area contributed by atoms with E-state index in [0.717, 1.165) is 17.0 Å². The Labute approximate surface area is 117 Å². The van der Waals surface area contributed by atoms with Crippen molar-refractivity contribution >= 4 is 11.6 Å². The van der Waals surface area contributed by atoms with Crippen molar-refractivity contribution < 1.29 is 4.74 Å². The highest BCUT2D eigenvalue weighted by molar-refractivity contribution is 5.46. The Balaban J connectivity index is 1.79. The molecule has 0 aliphatic carbocycles. The van der Waals surface area contributed by atoms with Gasteiger partial charge in [0.15, 0.2) is 5.65 Å². The maximum atomic E-state index is 5.32. The van der Waals surface area contributed by atoms with Crippen LogP contribution in [0.4, 0.5) is 5.95 Å². The van der Waals surface area contributed by atoms with Crippen molar-refractivity contribution in [3.63, 3.8) is 0 Å². The summed E-state index contributed by atoms with van der Waals surface area (Å²) in [6, 6.07) is 11.9. The Morgan fingerprint density at radius 1 is 1.25 bits per heavy atom. The van der Waals surface area contributed by atoms with Gasteiger partial charge in [-0.3, -0.25) is 0 Å². The van der Waals surface area contributed by atoms with Crippen molar-refractivity contribution in [3.05, 3.63) is 53.7 Å². The Hall–Kier alpha value is -2.56. The fourth-order valence-electron chi connectivity index (χ4n) is 2.08. The maximum absolute atomic E-state index is 5.32. The molecule has 20 heavy (non-hydrogen) atoms. The summed E-state index contributed by atoms with van der Waals surface area (Å²) in [7, 11) is 1.67. The molecule has 1 N–H and O–H groups in total. The molecule has 2 heterocycles. The number of anilines is 1. The van der Waals surface area contributed by atoms with Gasteiger partial charge in [-0.2, -0.15) is 4.98 Å². The third-order valence-corrected chi connectivity index (χ3v) is 3.12. The third-order valence-electron chi connectivity index (χ3n) is 3.12. The zero-order valence-electron chi connectivity index (χ0n) is 11.5. The molecule has 3 aromatic rings. The smallest absolute Gasteiger partial charge is 0.243 e. The van der Waals surface area contributed by atoms with Crippen LogP contribution in [0, 0.1) is 6.92 Å². The van der Waals surface area contributed by atoms with Crippen LogP contribution in [0.25, 0.3) is 5.65 Å². The highest BCUT2D eigenvalue weighted by atomic mass is 16.5. The van der Waals surface area contributed by atoms with E-state index in [1.54, 1.807) is 11.6 Å². The van der Waals surface area contributed by atoms with E-state index in [9.17, 15) is 0 Å². The van der Waals surface area contributed by atoms with Gasteiger partial charge in [-0.1, -0.05) is 18.2 Å². The lowest BCUT2D eigenvalue weighted by atomic mass is 10.2. The molecule has 0 saturated carbocycles. The van der Waals surface area contributed by atoms with Gasteiger partial charge in [0, 0.05) is 18.3 Å². The maximum Gasteiger partial charge on any atom is 0.243 e. The van der Waals surface area contributed by atoms with E-state index in [2.05, 4.69) is 15.4 Å². The second kappa shape index (κ2) is 5.21. The second-order valence-corrected chi connectivity index (χ2v) is 4.61. The molecule has 0 amide bonds. The van der Waals surface area contributed by atoms with Gasteiger partial charge >= 0.3 is 0 Å². The van der Waals surface area contributed by atoms with Crippen LogP contribution in [0.2, 0.25) is 0 Å². The van der Waals surface area contributed by atoms with Crippen LogP contribution in [0.1, 0.15) is 11.1 Å². The number of fused-ring (bicyclic) bond motifs is 1. The third kappa shape index (κ3) is 2.42. The normalized spacial score (nSPS) is 10.7. The minimum Gasteiger partial charge on any atom is -0.496 e. The van der Waals surface area contributed by atoms with Crippen LogP contribution in [-0.4, -0.2) is 21.7 Å². The number of benzene rings is 1. The lowest BCUT2D eigenvalue weighted by molar-refractivity contribution is 0.410. The zero-order chi connectivity index (χ0) is 13.9. The van der Waals surface area contributed by atoms with E-state index >= 15 is 0 Å². The molecule has 0 aliphatic rings. The average molecular weight is 268 g/mol. The Bertz CT molecular complexity index is 736. The Kier molecular flexibility index (Phi) is 3.25. The summed E-state index contributed by atoms with van der Waals surface area (Å²) in [6.45, 7) is 2.66. The SMILES string of the molecule is COc1ccccc1CNc1nc2cc(C)ccn2n1. The van der Waals surface area contributed by atoms with Gasteiger partial charge in [0.05, 0.1) is 7.11 Å². The molecular formula is C15H16N4O. The molecule has 0 spiro atoms. The monoisotopic (exact) mass is 268 g/mol. The summed E-state index contributed by atoms with van der Waals surface area (Å²) in [5.74, 6) is 1.47. The van der Waals surface area contributed by atoms with E-state index in [1.165, 1.54) is 5.56 Å². The van der Waals surface area contributed by atoms with Gasteiger partial charge in [-0.25, -0.2) is 4.52 Å². The number of methoxy groups -OCH3 is 1.